The average Bonchev–Trinajstić information content (AvgIpc) is 2.44. The maximum Gasteiger partial charge on any atom is 0.338 e. The molecule has 21 heavy (non-hydrogen) atoms. The second kappa shape index (κ2) is 7.83. The number of hydrogen-bond donors (Lipinski definition) is 5. The summed E-state index contributed by atoms with van der Waals surface area (Å²) in [6.07, 6.45) is -7.79. The third-order valence-corrected chi connectivity index (χ3v) is 3.20. The summed E-state index contributed by atoms with van der Waals surface area (Å²) in [5, 5.41) is 47.8. The minimum Gasteiger partial charge on any atom is -0.459 e. The predicted octanol–water partition coefficient (Wildman–Crippen LogP) is -2.30. The quantitative estimate of drug-likeness (QED) is 0.282. The van der Waals surface area contributed by atoms with Crippen LogP contribution in [0.4, 0.5) is 0 Å². The molecule has 6 atom stereocenters. The van der Waals surface area contributed by atoms with Gasteiger partial charge in [-0.3, -0.25) is 0 Å². The topological polar surface area (TPSA) is 137 Å². The van der Waals surface area contributed by atoms with E-state index < -0.39 is 49.2 Å². The molecular formula is C13H22O8. The molecule has 8 nitrogen and oxygen atoms in total. The van der Waals surface area contributed by atoms with Crippen molar-refractivity contribution in [1.82, 2.24) is 0 Å². The van der Waals surface area contributed by atoms with Gasteiger partial charge in [-0.05, 0) is 19.9 Å². The van der Waals surface area contributed by atoms with Gasteiger partial charge in [0.25, 0.3) is 0 Å². The van der Waals surface area contributed by atoms with Gasteiger partial charge in [-0.2, -0.15) is 0 Å². The minimum absolute atomic E-state index is 0.0460. The number of carbonyl (C=O) groups excluding carboxylic acids is 1. The number of hydrogen-bond acceptors (Lipinski definition) is 8. The molecule has 1 rings (SSSR count). The summed E-state index contributed by atoms with van der Waals surface area (Å²) in [5.74, 6) is -1.03. The molecule has 0 aromatic carbocycles. The molecule has 0 aromatic rings. The van der Waals surface area contributed by atoms with Crippen molar-refractivity contribution in [3.05, 3.63) is 11.6 Å². The van der Waals surface area contributed by atoms with E-state index in [4.69, 9.17) is 14.6 Å². The second-order valence-electron chi connectivity index (χ2n) is 5.15. The smallest absolute Gasteiger partial charge is 0.338 e. The summed E-state index contributed by atoms with van der Waals surface area (Å²) in [7, 11) is 0. The largest absolute Gasteiger partial charge is 0.459 e. The SMILES string of the molecule is CC(C)=CCOC(=O)C(O)C1O[C@H](CO)[C@@H](O)[C@H](O)[C@H]1O. The van der Waals surface area contributed by atoms with Crippen molar-refractivity contribution < 1.29 is 39.8 Å². The lowest BCUT2D eigenvalue weighted by atomic mass is 9.92. The Morgan fingerprint density at radius 2 is 1.86 bits per heavy atom. The Morgan fingerprint density at radius 3 is 2.38 bits per heavy atom. The zero-order valence-corrected chi connectivity index (χ0v) is 11.9. The van der Waals surface area contributed by atoms with Gasteiger partial charge in [0.05, 0.1) is 6.61 Å². The van der Waals surface area contributed by atoms with E-state index in [1.165, 1.54) is 0 Å². The first kappa shape index (κ1) is 18.0. The van der Waals surface area contributed by atoms with Crippen molar-refractivity contribution in [2.24, 2.45) is 0 Å². The number of esters is 1. The van der Waals surface area contributed by atoms with Crippen LogP contribution < -0.4 is 0 Å². The van der Waals surface area contributed by atoms with Crippen molar-refractivity contribution in [1.29, 1.82) is 0 Å². The van der Waals surface area contributed by atoms with Gasteiger partial charge in [0, 0.05) is 0 Å². The Hall–Kier alpha value is -1.03. The number of aliphatic hydroxyl groups excluding tert-OH is 5. The summed E-state index contributed by atoms with van der Waals surface area (Å²) in [5.41, 5.74) is 0.921. The monoisotopic (exact) mass is 306 g/mol. The molecule has 0 saturated carbocycles. The number of aliphatic hydroxyl groups is 5. The fourth-order valence-electron chi connectivity index (χ4n) is 1.90. The van der Waals surface area contributed by atoms with E-state index in [1.54, 1.807) is 6.08 Å². The highest BCUT2D eigenvalue weighted by molar-refractivity contribution is 5.75. The van der Waals surface area contributed by atoms with Crippen LogP contribution in [-0.2, 0) is 14.3 Å². The number of allylic oxidation sites excluding steroid dienone is 1. The molecule has 1 aliphatic heterocycles. The molecule has 0 amide bonds. The standard InChI is InChI=1S/C13H22O8/c1-6(2)3-4-20-13(19)11(18)12-10(17)9(16)8(15)7(5-14)21-12/h3,7-12,14-18H,4-5H2,1-2H3/t7-,8-,9+,10-,11?,12?/m1/s1. The van der Waals surface area contributed by atoms with E-state index in [9.17, 15) is 25.2 Å². The first-order chi connectivity index (χ1) is 9.79. The molecular weight excluding hydrogens is 284 g/mol. The van der Waals surface area contributed by atoms with Gasteiger partial charge in [0.1, 0.15) is 37.1 Å². The van der Waals surface area contributed by atoms with Crippen LogP contribution in [-0.4, -0.2) is 81.3 Å². The van der Waals surface area contributed by atoms with Gasteiger partial charge in [0.2, 0.25) is 0 Å². The molecule has 0 radical (unpaired) electrons. The molecule has 122 valence electrons. The fourth-order valence-corrected chi connectivity index (χ4v) is 1.90. The first-order valence-electron chi connectivity index (χ1n) is 6.58. The van der Waals surface area contributed by atoms with Gasteiger partial charge >= 0.3 is 5.97 Å². The van der Waals surface area contributed by atoms with Gasteiger partial charge in [0.15, 0.2) is 6.10 Å². The van der Waals surface area contributed by atoms with Crippen LogP contribution in [0.15, 0.2) is 11.6 Å². The highest BCUT2D eigenvalue weighted by Gasteiger charge is 2.48. The third-order valence-electron chi connectivity index (χ3n) is 3.20. The van der Waals surface area contributed by atoms with Crippen LogP contribution in [0.25, 0.3) is 0 Å². The van der Waals surface area contributed by atoms with Crippen molar-refractivity contribution in [2.45, 2.75) is 50.5 Å². The lowest BCUT2D eigenvalue weighted by molar-refractivity contribution is -0.250. The lowest BCUT2D eigenvalue weighted by Crippen LogP contribution is -2.62. The van der Waals surface area contributed by atoms with Gasteiger partial charge in [-0.25, -0.2) is 4.79 Å². The molecule has 8 heteroatoms. The number of carbonyl (C=O) groups is 1. The van der Waals surface area contributed by atoms with Crippen molar-refractivity contribution in [3.8, 4) is 0 Å². The van der Waals surface area contributed by atoms with E-state index >= 15 is 0 Å². The van der Waals surface area contributed by atoms with E-state index in [1.807, 2.05) is 13.8 Å². The maximum atomic E-state index is 11.7. The Morgan fingerprint density at radius 1 is 1.24 bits per heavy atom. The summed E-state index contributed by atoms with van der Waals surface area (Å²) in [6, 6.07) is 0. The van der Waals surface area contributed by atoms with Crippen LogP contribution in [0.5, 0.6) is 0 Å². The molecule has 1 saturated heterocycles. The first-order valence-corrected chi connectivity index (χ1v) is 6.58. The Kier molecular flexibility index (Phi) is 6.72. The van der Waals surface area contributed by atoms with Crippen LogP contribution in [0.1, 0.15) is 13.8 Å². The van der Waals surface area contributed by atoms with Crippen molar-refractivity contribution in [2.75, 3.05) is 13.2 Å². The van der Waals surface area contributed by atoms with Crippen molar-refractivity contribution in [3.63, 3.8) is 0 Å². The van der Waals surface area contributed by atoms with Crippen LogP contribution in [0.3, 0.4) is 0 Å². The molecule has 1 fully saturated rings. The zero-order chi connectivity index (χ0) is 16.2. The van der Waals surface area contributed by atoms with Crippen LogP contribution >= 0.6 is 0 Å². The molecule has 0 aliphatic carbocycles. The molecule has 0 spiro atoms. The molecule has 1 aliphatic rings. The highest BCUT2D eigenvalue weighted by atomic mass is 16.6. The molecule has 5 N–H and O–H groups in total. The van der Waals surface area contributed by atoms with E-state index in [0.29, 0.717) is 0 Å². The molecule has 0 aromatic heterocycles. The summed E-state index contributed by atoms with van der Waals surface area (Å²) in [6.45, 7) is 2.93. The fraction of sp³-hybridized carbons (Fsp3) is 0.769. The Labute approximate surface area is 122 Å². The van der Waals surface area contributed by atoms with Crippen molar-refractivity contribution >= 4 is 5.97 Å². The van der Waals surface area contributed by atoms with E-state index in [-0.39, 0.29) is 6.61 Å². The summed E-state index contributed by atoms with van der Waals surface area (Å²) >= 11 is 0. The van der Waals surface area contributed by atoms with Gasteiger partial charge in [-0.15, -0.1) is 0 Å². The Balaban J connectivity index is 2.69. The minimum atomic E-state index is -1.85. The average molecular weight is 306 g/mol. The zero-order valence-electron chi connectivity index (χ0n) is 11.9. The van der Waals surface area contributed by atoms with E-state index in [0.717, 1.165) is 5.57 Å². The number of rotatable bonds is 5. The second-order valence-corrected chi connectivity index (χ2v) is 5.15. The molecule has 1 heterocycles. The molecule has 2 unspecified atom stereocenters. The van der Waals surface area contributed by atoms with Crippen LogP contribution in [0.2, 0.25) is 0 Å². The normalized spacial score (nSPS) is 34.1. The van der Waals surface area contributed by atoms with Gasteiger partial charge < -0.3 is 35.0 Å². The Bertz CT molecular complexity index is 376. The third kappa shape index (κ3) is 4.47. The van der Waals surface area contributed by atoms with E-state index in [2.05, 4.69) is 0 Å². The maximum absolute atomic E-state index is 11.7. The lowest BCUT2D eigenvalue weighted by Gasteiger charge is -2.41. The van der Waals surface area contributed by atoms with Gasteiger partial charge in [-0.1, -0.05) is 5.57 Å². The molecule has 0 bridgehead atoms. The van der Waals surface area contributed by atoms with Crippen LogP contribution in [0, 0.1) is 0 Å². The summed E-state index contributed by atoms with van der Waals surface area (Å²) in [4.78, 5) is 11.7. The summed E-state index contributed by atoms with van der Waals surface area (Å²) < 4.78 is 9.85. The number of ether oxygens (including phenoxy) is 2. The highest BCUT2D eigenvalue weighted by Crippen LogP contribution is 2.23. The predicted molar refractivity (Wildman–Crippen MR) is 70.2 cm³/mol.